The molecule has 1 aromatic carbocycles. The van der Waals surface area contributed by atoms with Crippen molar-refractivity contribution < 1.29 is 9.59 Å². The van der Waals surface area contributed by atoms with Crippen molar-refractivity contribution in [3.8, 4) is 0 Å². The minimum Gasteiger partial charge on any atom is -0.288 e. The van der Waals surface area contributed by atoms with Crippen molar-refractivity contribution >= 4 is 17.4 Å². The number of benzene rings is 1. The monoisotopic (exact) mass is 201 g/mol. The maximum Gasteiger partial charge on any atom is 0.258 e. The molecule has 0 aliphatic carbocycles. The highest BCUT2D eigenvalue weighted by atomic mass is 16.2. The van der Waals surface area contributed by atoms with E-state index in [1.165, 1.54) is 0 Å². The van der Waals surface area contributed by atoms with Crippen LogP contribution in [-0.2, 0) is 4.79 Å². The van der Waals surface area contributed by atoms with Crippen molar-refractivity contribution in [2.45, 2.75) is 13.8 Å². The smallest absolute Gasteiger partial charge is 0.258 e. The number of hydrogen-bond donors (Lipinski definition) is 1. The molecule has 3 nitrogen and oxygen atoms in total. The predicted molar refractivity (Wildman–Crippen MR) is 57.3 cm³/mol. The summed E-state index contributed by atoms with van der Waals surface area (Å²) in [5, 5.41) is 2.32. The number of fused-ring (bicyclic) bond motifs is 1. The van der Waals surface area contributed by atoms with Crippen LogP contribution in [0, 0.1) is 6.92 Å². The Labute approximate surface area is 87.8 Å². The first-order chi connectivity index (χ1) is 7.15. The fourth-order valence-corrected chi connectivity index (χ4v) is 1.84. The Morgan fingerprint density at radius 3 is 2.60 bits per heavy atom. The Bertz CT molecular complexity index is 486. The molecule has 76 valence electrons. The van der Waals surface area contributed by atoms with E-state index in [0.717, 1.165) is 11.1 Å². The van der Waals surface area contributed by atoms with Gasteiger partial charge in [0, 0.05) is 16.7 Å². The van der Waals surface area contributed by atoms with Crippen LogP contribution in [0.15, 0.2) is 24.3 Å². The number of nitrogens with one attached hydrogen (secondary N) is 1. The fourth-order valence-electron chi connectivity index (χ4n) is 1.84. The van der Waals surface area contributed by atoms with Crippen LogP contribution in [0.2, 0.25) is 0 Å². The second-order valence-corrected chi connectivity index (χ2v) is 3.48. The van der Waals surface area contributed by atoms with Gasteiger partial charge in [0.05, 0.1) is 0 Å². The van der Waals surface area contributed by atoms with Crippen LogP contribution in [-0.4, -0.2) is 11.8 Å². The number of imide groups is 1. The maximum atomic E-state index is 11.6. The van der Waals surface area contributed by atoms with E-state index in [2.05, 4.69) is 5.32 Å². The Morgan fingerprint density at radius 1 is 1.20 bits per heavy atom. The molecule has 15 heavy (non-hydrogen) atoms. The third kappa shape index (κ3) is 1.36. The van der Waals surface area contributed by atoms with E-state index in [-0.39, 0.29) is 11.8 Å². The van der Waals surface area contributed by atoms with E-state index in [0.29, 0.717) is 11.1 Å². The number of rotatable bonds is 0. The summed E-state index contributed by atoms with van der Waals surface area (Å²) >= 11 is 0. The van der Waals surface area contributed by atoms with Crippen molar-refractivity contribution in [1.29, 1.82) is 0 Å². The van der Waals surface area contributed by atoms with Crippen LogP contribution in [0.25, 0.3) is 5.57 Å². The summed E-state index contributed by atoms with van der Waals surface area (Å²) in [7, 11) is 0. The summed E-state index contributed by atoms with van der Waals surface area (Å²) in [6.07, 6.45) is 1.73. The molecule has 1 aliphatic heterocycles. The van der Waals surface area contributed by atoms with Gasteiger partial charge < -0.3 is 0 Å². The third-order valence-corrected chi connectivity index (χ3v) is 2.55. The first-order valence-electron chi connectivity index (χ1n) is 4.77. The summed E-state index contributed by atoms with van der Waals surface area (Å²) < 4.78 is 0. The molecule has 0 spiro atoms. The van der Waals surface area contributed by atoms with Crippen molar-refractivity contribution in [3.05, 3.63) is 41.0 Å². The Morgan fingerprint density at radius 2 is 1.93 bits per heavy atom. The summed E-state index contributed by atoms with van der Waals surface area (Å²) in [6.45, 7) is 3.69. The fraction of sp³-hybridized carbons (Fsp3) is 0.167. The SMILES string of the molecule is C/C=C1/C(=O)NC(=O)c2cccc(C)c21. The molecule has 3 heteroatoms. The third-order valence-electron chi connectivity index (χ3n) is 2.55. The molecular weight excluding hydrogens is 190 g/mol. The van der Waals surface area contributed by atoms with Gasteiger partial charge in [-0.3, -0.25) is 14.9 Å². The minimum atomic E-state index is -0.315. The molecule has 0 unspecified atom stereocenters. The molecule has 0 fully saturated rings. The summed E-state index contributed by atoms with van der Waals surface area (Å²) in [6, 6.07) is 5.44. The van der Waals surface area contributed by atoms with Gasteiger partial charge in [0.25, 0.3) is 11.8 Å². The van der Waals surface area contributed by atoms with Crippen molar-refractivity contribution in [2.24, 2.45) is 0 Å². The average molecular weight is 201 g/mol. The molecule has 0 bridgehead atoms. The van der Waals surface area contributed by atoms with Crippen LogP contribution in [0.3, 0.4) is 0 Å². The second kappa shape index (κ2) is 3.35. The maximum absolute atomic E-state index is 11.6. The number of carbonyl (C=O) groups excluding carboxylic acids is 2. The zero-order chi connectivity index (χ0) is 11.0. The normalized spacial score (nSPS) is 17.6. The van der Waals surface area contributed by atoms with Gasteiger partial charge in [-0.25, -0.2) is 0 Å². The minimum absolute atomic E-state index is 0.315. The predicted octanol–water partition coefficient (Wildman–Crippen LogP) is 1.67. The van der Waals surface area contributed by atoms with Crippen LogP contribution >= 0.6 is 0 Å². The van der Waals surface area contributed by atoms with E-state index in [9.17, 15) is 9.59 Å². The summed E-state index contributed by atoms with van der Waals surface area (Å²) in [4.78, 5) is 23.1. The van der Waals surface area contributed by atoms with E-state index in [1.54, 1.807) is 19.1 Å². The summed E-state index contributed by atoms with van der Waals surface area (Å²) in [5.74, 6) is -0.631. The average Bonchev–Trinajstić information content (AvgIpc) is 2.20. The quantitative estimate of drug-likeness (QED) is 0.512. The Kier molecular flexibility index (Phi) is 2.15. The lowest BCUT2D eigenvalue weighted by molar-refractivity contribution is -0.114. The van der Waals surface area contributed by atoms with Crippen LogP contribution in [0.1, 0.15) is 28.4 Å². The lowest BCUT2D eigenvalue weighted by Crippen LogP contribution is -2.36. The molecule has 2 rings (SSSR count). The zero-order valence-corrected chi connectivity index (χ0v) is 8.63. The first kappa shape index (κ1) is 9.65. The van der Waals surface area contributed by atoms with Gasteiger partial charge in [0.2, 0.25) is 0 Å². The molecule has 1 aromatic rings. The second-order valence-electron chi connectivity index (χ2n) is 3.48. The van der Waals surface area contributed by atoms with E-state index in [4.69, 9.17) is 0 Å². The van der Waals surface area contributed by atoms with Gasteiger partial charge in [0.1, 0.15) is 0 Å². The topological polar surface area (TPSA) is 46.2 Å². The largest absolute Gasteiger partial charge is 0.288 e. The highest BCUT2D eigenvalue weighted by molar-refractivity contribution is 6.31. The molecule has 1 N–H and O–H groups in total. The molecule has 1 heterocycles. The van der Waals surface area contributed by atoms with Crippen LogP contribution < -0.4 is 5.32 Å². The number of amides is 2. The van der Waals surface area contributed by atoms with Gasteiger partial charge in [-0.15, -0.1) is 0 Å². The molecule has 0 atom stereocenters. The molecule has 0 radical (unpaired) electrons. The summed E-state index contributed by atoms with van der Waals surface area (Å²) in [5.41, 5.74) is 2.85. The molecule has 0 saturated carbocycles. The van der Waals surface area contributed by atoms with Gasteiger partial charge in [-0.1, -0.05) is 18.2 Å². The molecule has 0 saturated heterocycles. The van der Waals surface area contributed by atoms with Crippen molar-refractivity contribution in [2.75, 3.05) is 0 Å². The number of aryl methyl sites for hydroxylation is 1. The van der Waals surface area contributed by atoms with Crippen LogP contribution in [0.4, 0.5) is 0 Å². The first-order valence-corrected chi connectivity index (χ1v) is 4.77. The standard InChI is InChI=1S/C12H11NO2/c1-3-8-10-7(2)5-4-6-9(10)12(15)13-11(8)14/h3-6H,1-2H3,(H,13,14,15)/b8-3+. The van der Waals surface area contributed by atoms with Crippen LogP contribution in [0.5, 0.6) is 0 Å². The van der Waals surface area contributed by atoms with E-state index in [1.807, 2.05) is 19.1 Å². The van der Waals surface area contributed by atoms with Gasteiger partial charge in [0.15, 0.2) is 0 Å². The molecule has 2 amide bonds. The van der Waals surface area contributed by atoms with Gasteiger partial charge in [-0.2, -0.15) is 0 Å². The number of carbonyl (C=O) groups is 2. The number of hydrogen-bond acceptors (Lipinski definition) is 2. The molecular formula is C12H11NO2. The van der Waals surface area contributed by atoms with Gasteiger partial charge in [-0.05, 0) is 25.5 Å². The number of allylic oxidation sites excluding steroid dienone is 1. The highest BCUT2D eigenvalue weighted by Crippen LogP contribution is 2.26. The van der Waals surface area contributed by atoms with Crippen molar-refractivity contribution in [1.82, 2.24) is 5.32 Å². The Hall–Kier alpha value is -1.90. The Balaban J connectivity index is 2.76. The zero-order valence-electron chi connectivity index (χ0n) is 8.63. The molecule has 0 aromatic heterocycles. The lowest BCUT2D eigenvalue weighted by Gasteiger charge is -2.19. The van der Waals surface area contributed by atoms with E-state index >= 15 is 0 Å². The highest BCUT2D eigenvalue weighted by Gasteiger charge is 2.27. The van der Waals surface area contributed by atoms with Crippen molar-refractivity contribution in [3.63, 3.8) is 0 Å². The van der Waals surface area contributed by atoms with Gasteiger partial charge >= 0.3 is 0 Å². The molecule has 1 aliphatic rings. The lowest BCUT2D eigenvalue weighted by atomic mass is 9.91. The van der Waals surface area contributed by atoms with E-state index < -0.39 is 0 Å².